The van der Waals surface area contributed by atoms with Gasteiger partial charge in [0.15, 0.2) is 11.4 Å². The summed E-state index contributed by atoms with van der Waals surface area (Å²) in [5.41, 5.74) is 0.343. The summed E-state index contributed by atoms with van der Waals surface area (Å²) in [6.45, 7) is 5.89. The molecule has 2 aromatic rings. The molecule has 1 aromatic heterocycles. The van der Waals surface area contributed by atoms with Gasteiger partial charge in [0.25, 0.3) is 0 Å². The van der Waals surface area contributed by atoms with Gasteiger partial charge in [0.1, 0.15) is 5.76 Å². The summed E-state index contributed by atoms with van der Waals surface area (Å²) >= 11 is 0. The van der Waals surface area contributed by atoms with Gasteiger partial charge in [-0.25, -0.2) is 4.39 Å². The molecule has 0 bridgehead atoms. The normalized spacial score (nSPS) is 14.5. The standard InChI is InChI=1S/C17H24FNO2/c1-4-8-19-15(9-12(2)11-20-3)16-10-13-6-5-7-14(18)17(13)21-16/h5-7,10,12,15,19H,4,8-9,11H2,1-3H3. The largest absolute Gasteiger partial charge is 0.456 e. The third-order valence-electron chi connectivity index (χ3n) is 3.59. The van der Waals surface area contributed by atoms with Crippen LogP contribution in [0.2, 0.25) is 0 Å². The van der Waals surface area contributed by atoms with Crippen LogP contribution >= 0.6 is 0 Å². The van der Waals surface area contributed by atoms with Gasteiger partial charge in [0, 0.05) is 19.1 Å². The Bertz CT molecular complexity index is 567. The first kappa shape index (κ1) is 16.0. The molecular formula is C17H24FNO2. The Kier molecular flexibility index (Phi) is 5.76. The SMILES string of the molecule is CCCNC(CC(C)COC)c1cc2cccc(F)c2o1. The smallest absolute Gasteiger partial charge is 0.169 e. The van der Waals surface area contributed by atoms with Crippen molar-refractivity contribution in [2.75, 3.05) is 20.3 Å². The van der Waals surface area contributed by atoms with E-state index in [9.17, 15) is 4.39 Å². The minimum absolute atomic E-state index is 0.0851. The van der Waals surface area contributed by atoms with Gasteiger partial charge in [-0.15, -0.1) is 0 Å². The second-order valence-corrected chi connectivity index (χ2v) is 5.61. The van der Waals surface area contributed by atoms with Crippen LogP contribution in [0, 0.1) is 11.7 Å². The second kappa shape index (κ2) is 7.57. The van der Waals surface area contributed by atoms with Crippen molar-refractivity contribution in [3.05, 3.63) is 35.8 Å². The number of methoxy groups -OCH3 is 1. The quantitative estimate of drug-likeness (QED) is 0.788. The predicted octanol–water partition coefficient (Wildman–Crippen LogP) is 4.29. The molecule has 0 radical (unpaired) electrons. The summed E-state index contributed by atoms with van der Waals surface area (Å²) in [5, 5.41) is 4.30. The van der Waals surface area contributed by atoms with E-state index in [0.29, 0.717) is 18.1 Å². The van der Waals surface area contributed by atoms with Gasteiger partial charge in [0.05, 0.1) is 6.04 Å². The average Bonchev–Trinajstić information content (AvgIpc) is 2.89. The molecule has 1 heterocycles. The Balaban J connectivity index is 2.22. The molecule has 21 heavy (non-hydrogen) atoms. The van der Waals surface area contributed by atoms with E-state index in [1.807, 2.05) is 12.1 Å². The maximum absolute atomic E-state index is 13.8. The van der Waals surface area contributed by atoms with Crippen molar-refractivity contribution in [3.63, 3.8) is 0 Å². The number of halogens is 1. The first-order valence-corrected chi connectivity index (χ1v) is 7.56. The molecule has 116 valence electrons. The molecule has 2 atom stereocenters. The highest BCUT2D eigenvalue weighted by atomic mass is 19.1. The molecule has 0 amide bonds. The van der Waals surface area contributed by atoms with Crippen molar-refractivity contribution in [3.8, 4) is 0 Å². The van der Waals surface area contributed by atoms with Gasteiger partial charge in [-0.3, -0.25) is 0 Å². The zero-order chi connectivity index (χ0) is 15.2. The molecule has 0 aliphatic carbocycles. The van der Waals surface area contributed by atoms with Crippen LogP contribution in [0.15, 0.2) is 28.7 Å². The number of para-hydroxylation sites is 1. The van der Waals surface area contributed by atoms with Crippen LogP contribution in [0.25, 0.3) is 11.0 Å². The predicted molar refractivity (Wildman–Crippen MR) is 82.9 cm³/mol. The minimum atomic E-state index is -0.307. The fourth-order valence-corrected chi connectivity index (χ4v) is 2.59. The maximum atomic E-state index is 13.8. The molecule has 0 spiro atoms. The fraction of sp³-hybridized carbons (Fsp3) is 0.529. The van der Waals surface area contributed by atoms with Crippen LogP contribution in [-0.2, 0) is 4.74 Å². The number of hydrogen-bond acceptors (Lipinski definition) is 3. The van der Waals surface area contributed by atoms with Crippen molar-refractivity contribution >= 4 is 11.0 Å². The number of nitrogens with one attached hydrogen (secondary N) is 1. The van der Waals surface area contributed by atoms with E-state index in [1.54, 1.807) is 13.2 Å². The van der Waals surface area contributed by atoms with E-state index < -0.39 is 0 Å². The molecule has 1 aromatic carbocycles. The highest BCUT2D eigenvalue weighted by Gasteiger charge is 2.19. The van der Waals surface area contributed by atoms with Crippen LogP contribution in [0.1, 0.15) is 38.5 Å². The zero-order valence-electron chi connectivity index (χ0n) is 13.0. The Hall–Kier alpha value is -1.39. The Morgan fingerprint density at radius 1 is 1.38 bits per heavy atom. The molecule has 1 N–H and O–H groups in total. The third-order valence-corrected chi connectivity index (χ3v) is 3.59. The molecule has 0 saturated heterocycles. The van der Waals surface area contributed by atoms with Crippen molar-refractivity contribution < 1.29 is 13.5 Å². The first-order valence-electron chi connectivity index (χ1n) is 7.56. The van der Waals surface area contributed by atoms with Gasteiger partial charge in [-0.2, -0.15) is 0 Å². The van der Waals surface area contributed by atoms with Crippen LogP contribution < -0.4 is 5.32 Å². The van der Waals surface area contributed by atoms with E-state index in [1.165, 1.54) is 6.07 Å². The Morgan fingerprint density at radius 3 is 2.86 bits per heavy atom. The molecule has 4 heteroatoms. The van der Waals surface area contributed by atoms with Gasteiger partial charge in [-0.05, 0) is 37.4 Å². The monoisotopic (exact) mass is 293 g/mol. The lowest BCUT2D eigenvalue weighted by atomic mass is 10.0. The zero-order valence-corrected chi connectivity index (χ0v) is 13.0. The van der Waals surface area contributed by atoms with Crippen LogP contribution in [0.4, 0.5) is 4.39 Å². The lowest BCUT2D eigenvalue weighted by Crippen LogP contribution is -2.24. The number of furan rings is 1. The van der Waals surface area contributed by atoms with Gasteiger partial charge in [-0.1, -0.05) is 26.0 Å². The molecule has 2 rings (SSSR count). The molecule has 2 unspecified atom stereocenters. The Morgan fingerprint density at radius 2 is 2.19 bits per heavy atom. The molecular weight excluding hydrogens is 269 g/mol. The van der Waals surface area contributed by atoms with Crippen LogP contribution in [0.5, 0.6) is 0 Å². The number of ether oxygens (including phenoxy) is 1. The van der Waals surface area contributed by atoms with E-state index in [2.05, 4.69) is 19.2 Å². The summed E-state index contributed by atoms with van der Waals surface area (Å²) in [7, 11) is 1.71. The summed E-state index contributed by atoms with van der Waals surface area (Å²) in [5.74, 6) is 0.895. The highest BCUT2D eigenvalue weighted by molar-refractivity contribution is 5.78. The van der Waals surface area contributed by atoms with Crippen molar-refractivity contribution in [2.45, 2.75) is 32.7 Å². The van der Waals surface area contributed by atoms with E-state index >= 15 is 0 Å². The van der Waals surface area contributed by atoms with E-state index in [0.717, 1.165) is 30.5 Å². The molecule has 0 aliphatic rings. The summed E-state index contributed by atoms with van der Waals surface area (Å²) in [6.07, 6.45) is 1.94. The Labute approximate surface area is 125 Å². The number of hydrogen-bond donors (Lipinski definition) is 1. The molecule has 3 nitrogen and oxygen atoms in total. The molecule has 0 aliphatic heterocycles. The van der Waals surface area contributed by atoms with Crippen LogP contribution in [0.3, 0.4) is 0 Å². The maximum Gasteiger partial charge on any atom is 0.169 e. The number of fused-ring (bicyclic) bond motifs is 1. The first-order chi connectivity index (χ1) is 10.2. The molecule has 0 fully saturated rings. The molecule has 0 saturated carbocycles. The highest BCUT2D eigenvalue weighted by Crippen LogP contribution is 2.29. The summed E-state index contributed by atoms with van der Waals surface area (Å²) < 4.78 is 24.7. The van der Waals surface area contributed by atoms with Gasteiger partial charge >= 0.3 is 0 Å². The number of rotatable bonds is 8. The van der Waals surface area contributed by atoms with Crippen molar-refractivity contribution in [1.82, 2.24) is 5.32 Å². The van der Waals surface area contributed by atoms with Crippen molar-refractivity contribution in [1.29, 1.82) is 0 Å². The average molecular weight is 293 g/mol. The van der Waals surface area contributed by atoms with Crippen molar-refractivity contribution in [2.24, 2.45) is 5.92 Å². The van der Waals surface area contributed by atoms with Crippen LogP contribution in [-0.4, -0.2) is 20.3 Å². The van der Waals surface area contributed by atoms with Gasteiger partial charge in [0.2, 0.25) is 0 Å². The minimum Gasteiger partial charge on any atom is -0.456 e. The second-order valence-electron chi connectivity index (χ2n) is 5.61. The van der Waals surface area contributed by atoms with Gasteiger partial charge < -0.3 is 14.5 Å². The lowest BCUT2D eigenvalue weighted by Gasteiger charge is -2.20. The summed E-state index contributed by atoms with van der Waals surface area (Å²) in [6, 6.07) is 7.03. The lowest BCUT2D eigenvalue weighted by molar-refractivity contribution is 0.147. The van der Waals surface area contributed by atoms with E-state index in [4.69, 9.17) is 9.15 Å². The third kappa shape index (κ3) is 4.05. The topological polar surface area (TPSA) is 34.4 Å². The fourth-order valence-electron chi connectivity index (χ4n) is 2.59. The number of benzene rings is 1. The van der Waals surface area contributed by atoms with E-state index in [-0.39, 0.29) is 11.9 Å². The summed E-state index contributed by atoms with van der Waals surface area (Å²) in [4.78, 5) is 0.